The van der Waals surface area contributed by atoms with Gasteiger partial charge in [-0.05, 0) is 36.4 Å². The third-order valence-electron chi connectivity index (χ3n) is 4.30. The second-order valence-electron chi connectivity index (χ2n) is 6.41. The van der Waals surface area contributed by atoms with E-state index in [2.05, 4.69) is 15.0 Å². The van der Waals surface area contributed by atoms with Crippen LogP contribution < -0.4 is 0 Å². The number of aromatic nitrogens is 3. The Morgan fingerprint density at radius 1 is 0.389 bits per heavy atom. The van der Waals surface area contributed by atoms with Crippen molar-refractivity contribution < 1.29 is 30.6 Å². The smallest absolute Gasteiger partial charge is 0.167 e. The Hall–Kier alpha value is -4.53. The molecule has 0 radical (unpaired) electrons. The van der Waals surface area contributed by atoms with Gasteiger partial charge in [0.25, 0.3) is 0 Å². The zero-order valence-corrected chi connectivity index (χ0v) is 21.2. The minimum absolute atomic E-state index is 0.00690. The van der Waals surface area contributed by atoms with Gasteiger partial charge in [-0.3, -0.25) is 0 Å². The molecule has 0 saturated carbocycles. The zero-order valence-electron chi connectivity index (χ0n) is 21.2. The van der Waals surface area contributed by atoms with E-state index in [-0.39, 0.29) is 68.7 Å². The van der Waals surface area contributed by atoms with Crippen LogP contribution in [0.4, 0.5) is 0 Å². The summed E-state index contributed by atoms with van der Waals surface area (Å²) in [6.45, 7) is 12.0. The first-order valence-corrected chi connectivity index (χ1v) is 11.6. The SMILES string of the molecule is CC.CC.CC.Oc1ccc(-c2nc(-c3ccc(O)cc3O)nc(-c3ccc(O)cc3O)n2)c(O)c1. The minimum atomic E-state index is -0.289. The monoisotopic (exact) mass is 495 g/mol. The van der Waals surface area contributed by atoms with Crippen molar-refractivity contribution in [1.29, 1.82) is 0 Å². The Labute approximate surface area is 210 Å². The molecule has 9 nitrogen and oxygen atoms in total. The second kappa shape index (κ2) is 14.0. The molecule has 0 amide bonds. The van der Waals surface area contributed by atoms with Crippen molar-refractivity contribution in [1.82, 2.24) is 15.0 Å². The number of benzene rings is 3. The van der Waals surface area contributed by atoms with Crippen LogP contribution >= 0.6 is 0 Å². The molecular weight excluding hydrogens is 462 g/mol. The van der Waals surface area contributed by atoms with E-state index >= 15 is 0 Å². The highest BCUT2D eigenvalue weighted by atomic mass is 16.3. The first-order chi connectivity index (χ1) is 17.3. The van der Waals surface area contributed by atoms with Gasteiger partial charge in [-0.25, -0.2) is 15.0 Å². The van der Waals surface area contributed by atoms with Gasteiger partial charge < -0.3 is 30.6 Å². The van der Waals surface area contributed by atoms with Gasteiger partial charge >= 0.3 is 0 Å². The predicted molar refractivity (Wildman–Crippen MR) is 140 cm³/mol. The molecule has 0 atom stereocenters. The molecule has 0 aliphatic carbocycles. The van der Waals surface area contributed by atoms with E-state index in [1.165, 1.54) is 36.4 Å². The van der Waals surface area contributed by atoms with Crippen LogP contribution in [0.3, 0.4) is 0 Å². The Balaban J connectivity index is 0.00000101. The van der Waals surface area contributed by atoms with Crippen LogP contribution in [-0.2, 0) is 0 Å². The molecule has 0 aliphatic rings. The number of hydrogen-bond donors (Lipinski definition) is 6. The molecule has 9 heteroatoms. The molecule has 192 valence electrons. The third-order valence-corrected chi connectivity index (χ3v) is 4.30. The van der Waals surface area contributed by atoms with Gasteiger partial charge in [0.1, 0.15) is 34.5 Å². The van der Waals surface area contributed by atoms with Crippen molar-refractivity contribution >= 4 is 0 Å². The molecule has 6 N–H and O–H groups in total. The van der Waals surface area contributed by atoms with Gasteiger partial charge in [-0.15, -0.1) is 0 Å². The Morgan fingerprint density at radius 3 is 0.806 bits per heavy atom. The highest BCUT2D eigenvalue weighted by Crippen LogP contribution is 2.37. The van der Waals surface area contributed by atoms with Gasteiger partial charge in [0.2, 0.25) is 0 Å². The van der Waals surface area contributed by atoms with E-state index in [0.29, 0.717) is 0 Å². The molecule has 0 unspecified atom stereocenters. The third kappa shape index (κ3) is 6.99. The number of phenols is 6. The van der Waals surface area contributed by atoms with Crippen molar-refractivity contribution in [3.05, 3.63) is 54.6 Å². The number of phenolic OH excluding ortho intramolecular Hbond substituents is 6. The summed E-state index contributed by atoms with van der Waals surface area (Å²) in [5.41, 5.74) is 0.526. The zero-order chi connectivity index (χ0) is 27.4. The first kappa shape index (κ1) is 29.5. The molecule has 3 aromatic carbocycles. The van der Waals surface area contributed by atoms with Crippen molar-refractivity contribution in [2.75, 3.05) is 0 Å². The van der Waals surface area contributed by atoms with Crippen LogP contribution in [-0.4, -0.2) is 45.6 Å². The molecule has 0 fully saturated rings. The summed E-state index contributed by atoms with van der Waals surface area (Å²) >= 11 is 0. The first-order valence-electron chi connectivity index (χ1n) is 11.6. The molecule has 0 bridgehead atoms. The average Bonchev–Trinajstić information content (AvgIpc) is 2.87. The van der Waals surface area contributed by atoms with E-state index < -0.39 is 0 Å². The Morgan fingerprint density at radius 2 is 0.611 bits per heavy atom. The quantitative estimate of drug-likeness (QED) is 0.195. The normalized spacial score (nSPS) is 9.50. The summed E-state index contributed by atoms with van der Waals surface area (Å²) in [4.78, 5) is 12.9. The van der Waals surface area contributed by atoms with Crippen LogP contribution in [0.1, 0.15) is 41.5 Å². The molecule has 36 heavy (non-hydrogen) atoms. The summed E-state index contributed by atoms with van der Waals surface area (Å²) in [5.74, 6) is -1.31. The largest absolute Gasteiger partial charge is 0.508 e. The van der Waals surface area contributed by atoms with Crippen molar-refractivity contribution in [2.45, 2.75) is 41.5 Å². The van der Waals surface area contributed by atoms with Gasteiger partial charge in [0.05, 0.1) is 16.7 Å². The lowest BCUT2D eigenvalue weighted by Crippen LogP contribution is -2.00. The number of rotatable bonds is 3. The highest BCUT2D eigenvalue weighted by molar-refractivity contribution is 5.74. The van der Waals surface area contributed by atoms with E-state index in [4.69, 9.17) is 0 Å². The molecule has 1 aromatic heterocycles. The molecule has 1 heterocycles. The maximum atomic E-state index is 10.2. The molecule has 0 spiro atoms. The Bertz CT molecular complexity index is 1110. The van der Waals surface area contributed by atoms with Crippen molar-refractivity contribution in [2.24, 2.45) is 0 Å². The number of nitrogens with zero attached hydrogens (tertiary/aromatic N) is 3. The maximum Gasteiger partial charge on any atom is 0.167 e. The fourth-order valence-corrected chi connectivity index (χ4v) is 2.86. The fraction of sp³-hybridized carbons (Fsp3) is 0.222. The summed E-state index contributed by atoms with van der Waals surface area (Å²) in [5, 5.41) is 59.3. The van der Waals surface area contributed by atoms with Crippen molar-refractivity contribution in [3.8, 4) is 68.7 Å². The molecule has 4 rings (SSSR count). The molecule has 4 aromatic rings. The van der Waals surface area contributed by atoms with Crippen LogP contribution in [0.5, 0.6) is 34.5 Å². The summed E-state index contributed by atoms with van der Waals surface area (Å²) in [6, 6.07) is 11.6. The van der Waals surface area contributed by atoms with Crippen LogP contribution in [0.2, 0.25) is 0 Å². The maximum absolute atomic E-state index is 10.2. The van der Waals surface area contributed by atoms with Gasteiger partial charge in [-0.1, -0.05) is 41.5 Å². The summed E-state index contributed by atoms with van der Waals surface area (Å²) in [7, 11) is 0. The van der Waals surface area contributed by atoms with Crippen molar-refractivity contribution in [3.63, 3.8) is 0 Å². The molecular formula is C27H33N3O6. The lowest BCUT2D eigenvalue weighted by Gasteiger charge is -2.11. The molecule has 0 saturated heterocycles. The van der Waals surface area contributed by atoms with Gasteiger partial charge in [0.15, 0.2) is 17.5 Å². The number of hydrogen-bond acceptors (Lipinski definition) is 9. The van der Waals surface area contributed by atoms with E-state index in [1.54, 1.807) is 0 Å². The minimum Gasteiger partial charge on any atom is -0.508 e. The fourth-order valence-electron chi connectivity index (χ4n) is 2.86. The Kier molecular flexibility index (Phi) is 11.5. The summed E-state index contributed by atoms with van der Waals surface area (Å²) in [6.07, 6.45) is 0. The topological polar surface area (TPSA) is 160 Å². The van der Waals surface area contributed by atoms with E-state index in [0.717, 1.165) is 18.2 Å². The van der Waals surface area contributed by atoms with Crippen LogP contribution in [0.15, 0.2) is 54.6 Å². The lowest BCUT2D eigenvalue weighted by molar-refractivity contribution is 0.451. The summed E-state index contributed by atoms with van der Waals surface area (Å²) < 4.78 is 0. The number of aromatic hydroxyl groups is 6. The lowest BCUT2D eigenvalue weighted by atomic mass is 10.1. The van der Waals surface area contributed by atoms with Gasteiger partial charge in [0, 0.05) is 18.2 Å². The predicted octanol–water partition coefficient (Wildman–Crippen LogP) is 6.18. The van der Waals surface area contributed by atoms with E-state index in [1.807, 2.05) is 41.5 Å². The second-order valence-corrected chi connectivity index (χ2v) is 6.41. The van der Waals surface area contributed by atoms with Crippen LogP contribution in [0.25, 0.3) is 34.2 Å². The standard InChI is InChI=1S/C21H15N3O6.3C2H6/c25-10-1-4-13(16(28)7-10)19-22-20(14-5-2-11(26)8-17(14)29)24-21(23-19)15-6-3-12(27)9-18(15)30;3*1-2/h1-9,25-30H;3*1-2H3. The van der Waals surface area contributed by atoms with Gasteiger partial charge in [-0.2, -0.15) is 0 Å². The molecule has 0 aliphatic heterocycles. The van der Waals surface area contributed by atoms with E-state index in [9.17, 15) is 30.6 Å². The van der Waals surface area contributed by atoms with Crippen LogP contribution in [0, 0.1) is 0 Å². The average molecular weight is 496 g/mol. The highest BCUT2D eigenvalue weighted by Gasteiger charge is 2.18.